The molecule has 0 fully saturated rings. The Hall–Kier alpha value is -2.46. The standard InChI is InChI=1S/C25H30ClFN2O/c1-17(2)23(16-28-25-18(3)9-8-12-22(25)27)29-24(30)15-21(13-19(4)26)14-20-10-6-5-7-11-20/h5-6,8-10,12,16-17,21H,3-4,7,11,13-15H2,1-2H3,(H,29,30)/b23-16+,28-25?. The summed E-state index contributed by atoms with van der Waals surface area (Å²) in [5.41, 5.74) is 2.63. The highest BCUT2D eigenvalue weighted by Gasteiger charge is 2.19. The van der Waals surface area contributed by atoms with E-state index in [0.717, 1.165) is 19.3 Å². The number of carbonyl (C=O) groups is 1. The van der Waals surface area contributed by atoms with Crippen LogP contribution in [0.3, 0.4) is 0 Å². The summed E-state index contributed by atoms with van der Waals surface area (Å²) in [7, 11) is 0. The fourth-order valence-electron chi connectivity index (χ4n) is 3.36. The fourth-order valence-corrected chi connectivity index (χ4v) is 3.58. The van der Waals surface area contributed by atoms with E-state index in [0.29, 0.717) is 29.1 Å². The zero-order valence-electron chi connectivity index (χ0n) is 17.8. The molecule has 0 spiro atoms. The molecule has 5 heteroatoms. The second-order valence-electron chi connectivity index (χ2n) is 7.95. The molecule has 0 heterocycles. The molecule has 1 N–H and O–H groups in total. The van der Waals surface area contributed by atoms with Gasteiger partial charge in [-0.1, -0.05) is 74.6 Å². The average molecular weight is 429 g/mol. The van der Waals surface area contributed by atoms with E-state index in [1.165, 1.54) is 17.8 Å². The van der Waals surface area contributed by atoms with Crippen molar-refractivity contribution in [1.82, 2.24) is 5.32 Å². The number of amides is 1. The summed E-state index contributed by atoms with van der Waals surface area (Å²) in [6, 6.07) is 0. The topological polar surface area (TPSA) is 41.5 Å². The maximum atomic E-state index is 14.0. The molecule has 3 nitrogen and oxygen atoms in total. The Morgan fingerprint density at radius 3 is 2.70 bits per heavy atom. The molecule has 2 aliphatic rings. The first-order chi connectivity index (χ1) is 14.3. The van der Waals surface area contributed by atoms with E-state index >= 15 is 0 Å². The second kappa shape index (κ2) is 11.7. The number of carbonyl (C=O) groups excluding carboxylic acids is 1. The van der Waals surface area contributed by atoms with Gasteiger partial charge in [0.25, 0.3) is 0 Å². The minimum Gasteiger partial charge on any atom is -0.328 e. The van der Waals surface area contributed by atoms with E-state index in [1.54, 1.807) is 12.2 Å². The summed E-state index contributed by atoms with van der Waals surface area (Å²) in [5.74, 6) is -0.450. The van der Waals surface area contributed by atoms with Crippen molar-refractivity contribution in [2.75, 3.05) is 0 Å². The van der Waals surface area contributed by atoms with E-state index in [2.05, 4.69) is 41.7 Å². The highest BCUT2D eigenvalue weighted by molar-refractivity contribution is 6.29. The van der Waals surface area contributed by atoms with Crippen molar-refractivity contribution in [2.45, 2.75) is 46.0 Å². The Balaban J connectivity index is 2.08. The van der Waals surface area contributed by atoms with Crippen LogP contribution in [-0.4, -0.2) is 11.6 Å². The van der Waals surface area contributed by atoms with E-state index in [9.17, 15) is 9.18 Å². The lowest BCUT2D eigenvalue weighted by Crippen LogP contribution is -2.27. The van der Waals surface area contributed by atoms with Crippen molar-refractivity contribution in [1.29, 1.82) is 0 Å². The molecule has 0 aromatic rings. The normalized spacial score (nSPS) is 19.0. The van der Waals surface area contributed by atoms with Crippen LogP contribution in [0.2, 0.25) is 0 Å². The Kier molecular flexibility index (Phi) is 9.25. The maximum Gasteiger partial charge on any atom is 0.224 e. The van der Waals surface area contributed by atoms with Crippen LogP contribution in [0.4, 0.5) is 4.39 Å². The molecule has 30 heavy (non-hydrogen) atoms. The van der Waals surface area contributed by atoms with Gasteiger partial charge >= 0.3 is 0 Å². The van der Waals surface area contributed by atoms with E-state index in [-0.39, 0.29) is 23.5 Å². The van der Waals surface area contributed by atoms with Gasteiger partial charge in [-0.2, -0.15) is 0 Å². The Morgan fingerprint density at radius 1 is 1.33 bits per heavy atom. The third kappa shape index (κ3) is 7.75. The third-order valence-corrected chi connectivity index (χ3v) is 5.10. The first kappa shape index (κ1) is 23.8. The molecule has 0 saturated heterocycles. The lowest BCUT2D eigenvalue weighted by Gasteiger charge is -2.20. The third-order valence-electron chi connectivity index (χ3n) is 4.94. The second-order valence-corrected chi connectivity index (χ2v) is 8.49. The molecular weight excluding hydrogens is 399 g/mol. The summed E-state index contributed by atoms with van der Waals surface area (Å²) in [4.78, 5) is 17.0. The van der Waals surface area contributed by atoms with Crippen LogP contribution in [-0.2, 0) is 4.79 Å². The predicted molar refractivity (Wildman–Crippen MR) is 125 cm³/mol. The lowest BCUT2D eigenvalue weighted by molar-refractivity contribution is -0.121. The van der Waals surface area contributed by atoms with Gasteiger partial charge in [0.2, 0.25) is 5.91 Å². The number of hydrogen-bond donors (Lipinski definition) is 1. The van der Waals surface area contributed by atoms with Crippen molar-refractivity contribution in [3.8, 4) is 0 Å². The van der Waals surface area contributed by atoms with Crippen molar-refractivity contribution in [2.24, 2.45) is 16.8 Å². The fraction of sp³-hybridized carbons (Fsp3) is 0.360. The van der Waals surface area contributed by atoms with Crippen LogP contribution in [0, 0.1) is 11.8 Å². The highest BCUT2D eigenvalue weighted by Crippen LogP contribution is 2.28. The molecule has 0 aliphatic heterocycles. The van der Waals surface area contributed by atoms with Gasteiger partial charge in [0.05, 0.1) is 0 Å². The first-order valence-corrected chi connectivity index (χ1v) is 10.6. The monoisotopic (exact) mass is 428 g/mol. The molecule has 0 saturated carbocycles. The molecular formula is C25H30ClFN2O. The van der Waals surface area contributed by atoms with Crippen LogP contribution < -0.4 is 5.32 Å². The lowest BCUT2D eigenvalue weighted by atomic mass is 9.89. The van der Waals surface area contributed by atoms with Crippen LogP contribution in [0.1, 0.15) is 46.0 Å². The van der Waals surface area contributed by atoms with Crippen LogP contribution in [0.25, 0.3) is 0 Å². The van der Waals surface area contributed by atoms with E-state index in [1.807, 2.05) is 13.8 Å². The Labute approximate surface area is 184 Å². The van der Waals surface area contributed by atoms with E-state index < -0.39 is 5.83 Å². The number of nitrogens with one attached hydrogen (secondary N) is 1. The molecule has 0 aromatic carbocycles. The minimum absolute atomic E-state index is 0.0189. The summed E-state index contributed by atoms with van der Waals surface area (Å²) in [5, 5.41) is 3.50. The average Bonchev–Trinajstić information content (AvgIpc) is 2.66. The van der Waals surface area contributed by atoms with Crippen molar-refractivity contribution in [3.63, 3.8) is 0 Å². The van der Waals surface area contributed by atoms with Crippen molar-refractivity contribution < 1.29 is 9.18 Å². The van der Waals surface area contributed by atoms with Gasteiger partial charge in [0.1, 0.15) is 11.5 Å². The molecule has 160 valence electrons. The zero-order valence-corrected chi connectivity index (χ0v) is 18.5. The summed E-state index contributed by atoms with van der Waals surface area (Å²) in [6.45, 7) is 11.5. The number of rotatable bonds is 9. The maximum absolute atomic E-state index is 14.0. The van der Waals surface area contributed by atoms with Gasteiger partial charge in [-0.25, -0.2) is 4.39 Å². The largest absolute Gasteiger partial charge is 0.328 e. The molecule has 0 bridgehead atoms. The summed E-state index contributed by atoms with van der Waals surface area (Å²) in [6.07, 6.45) is 16.2. The summed E-state index contributed by atoms with van der Waals surface area (Å²) >= 11 is 6.05. The first-order valence-electron chi connectivity index (χ1n) is 10.2. The number of hydrogen-bond acceptors (Lipinski definition) is 2. The highest BCUT2D eigenvalue weighted by atomic mass is 35.5. The molecule has 0 aromatic heterocycles. The Bertz CT molecular complexity index is 872. The molecule has 1 amide bonds. The van der Waals surface area contributed by atoms with Crippen LogP contribution in [0.5, 0.6) is 0 Å². The minimum atomic E-state index is -0.441. The van der Waals surface area contributed by atoms with E-state index in [4.69, 9.17) is 11.6 Å². The molecule has 0 radical (unpaired) electrons. The van der Waals surface area contributed by atoms with Gasteiger partial charge in [0.15, 0.2) is 0 Å². The molecule has 2 rings (SSSR count). The number of halogens is 2. The zero-order chi connectivity index (χ0) is 22.1. The van der Waals surface area contributed by atoms with Gasteiger partial charge in [-0.15, -0.1) is 0 Å². The van der Waals surface area contributed by atoms with Gasteiger partial charge < -0.3 is 5.32 Å². The van der Waals surface area contributed by atoms with Gasteiger partial charge in [-0.3, -0.25) is 9.79 Å². The summed E-state index contributed by atoms with van der Waals surface area (Å²) < 4.78 is 14.0. The predicted octanol–water partition coefficient (Wildman–Crippen LogP) is 6.84. The van der Waals surface area contributed by atoms with Crippen molar-refractivity contribution >= 4 is 23.2 Å². The number of aliphatic imine (C=N–C) groups is 1. The van der Waals surface area contributed by atoms with Gasteiger partial charge in [-0.05, 0) is 49.2 Å². The van der Waals surface area contributed by atoms with Crippen molar-refractivity contribution in [3.05, 3.63) is 83.5 Å². The molecule has 1 unspecified atom stereocenters. The van der Waals surface area contributed by atoms with Crippen LogP contribution in [0.15, 0.2) is 88.5 Å². The number of nitrogens with zero attached hydrogens (tertiary/aromatic N) is 1. The SMILES string of the molecule is C=C(Cl)CC(CC(=O)N/C(=C/N=C1C(=C)C=CC=C1F)C(C)C)CC1=CC=CCC1. The Morgan fingerprint density at radius 2 is 2.10 bits per heavy atom. The smallest absolute Gasteiger partial charge is 0.224 e. The molecule has 1 atom stereocenters. The number of allylic oxidation sites excluding steroid dienone is 11. The quantitative estimate of drug-likeness (QED) is 0.429. The molecule has 2 aliphatic carbocycles. The van der Waals surface area contributed by atoms with Crippen LogP contribution >= 0.6 is 11.6 Å². The van der Waals surface area contributed by atoms with Gasteiger partial charge in [0, 0.05) is 23.4 Å².